The van der Waals surface area contributed by atoms with E-state index in [0.717, 1.165) is 23.6 Å². The van der Waals surface area contributed by atoms with Crippen LogP contribution in [0.1, 0.15) is 42.5 Å². The second-order valence-corrected chi connectivity index (χ2v) is 7.07. The normalized spacial score (nSPS) is 14.5. The Labute approximate surface area is 153 Å². The van der Waals surface area contributed by atoms with Gasteiger partial charge in [0.15, 0.2) is 0 Å². The number of primary amides is 1. The summed E-state index contributed by atoms with van der Waals surface area (Å²) < 4.78 is 0. The SMILES string of the molecule is CN(C)C(=O)C1CCCCC1.NC(=O)c1ccc2cc(Cl)ccc2c1. The topological polar surface area (TPSA) is 63.4 Å². The molecule has 0 radical (unpaired) electrons. The largest absolute Gasteiger partial charge is 0.366 e. The Morgan fingerprint density at radius 3 is 2.20 bits per heavy atom. The molecule has 134 valence electrons. The molecule has 0 unspecified atom stereocenters. The quantitative estimate of drug-likeness (QED) is 0.870. The summed E-state index contributed by atoms with van der Waals surface area (Å²) in [4.78, 5) is 24.0. The number of hydrogen-bond acceptors (Lipinski definition) is 2. The lowest BCUT2D eigenvalue weighted by Crippen LogP contribution is -2.30. The smallest absolute Gasteiger partial charge is 0.248 e. The van der Waals surface area contributed by atoms with Crippen LogP contribution in [0.2, 0.25) is 5.02 Å². The third-order valence-electron chi connectivity index (χ3n) is 4.48. The van der Waals surface area contributed by atoms with Gasteiger partial charge in [-0.3, -0.25) is 9.59 Å². The number of nitrogens with two attached hydrogens (primary N) is 1. The predicted molar refractivity (Wildman–Crippen MR) is 103 cm³/mol. The van der Waals surface area contributed by atoms with Gasteiger partial charge < -0.3 is 10.6 Å². The van der Waals surface area contributed by atoms with E-state index in [1.165, 1.54) is 19.3 Å². The van der Waals surface area contributed by atoms with Crippen molar-refractivity contribution in [2.24, 2.45) is 11.7 Å². The lowest BCUT2D eigenvalue weighted by Gasteiger charge is -2.23. The van der Waals surface area contributed by atoms with E-state index < -0.39 is 5.91 Å². The molecule has 1 aliphatic rings. The van der Waals surface area contributed by atoms with E-state index in [-0.39, 0.29) is 0 Å². The van der Waals surface area contributed by atoms with Crippen LogP contribution in [-0.4, -0.2) is 30.8 Å². The molecule has 2 amide bonds. The van der Waals surface area contributed by atoms with Crippen LogP contribution in [0.4, 0.5) is 0 Å². The predicted octanol–water partition coefficient (Wildman–Crippen LogP) is 4.25. The minimum absolute atomic E-state index is 0.324. The lowest BCUT2D eigenvalue weighted by molar-refractivity contribution is -0.133. The zero-order valence-electron chi connectivity index (χ0n) is 14.8. The first-order valence-corrected chi connectivity index (χ1v) is 8.96. The minimum Gasteiger partial charge on any atom is -0.366 e. The lowest BCUT2D eigenvalue weighted by atomic mass is 9.88. The number of nitrogens with zero attached hydrogens (tertiary/aromatic N) is 1. The van der Waals surface area contributed by atoms with E-state index in [1.54, 1.807) is 23.1 Å². The van der Waals surface area contributed by atoms with Crippen molar-refractivity contribution in [1.82, 2.24) is 4.90 Å². The number of benzene rings is 2. The number of carbonyl (C=O) groups excluding carboxylic acids is 2. The summed E-state index contributed by atoms with van der Waals surface area (Å²) in [7, 11) is 3.69. The fraction of sp³-hybridized carbons (Fsp3) is 0.400. The van der Waals surface area contributed by atoms with Gasteiger partial charge in [-0.25, -0.2) is 0 Å². The van der Waals surface area contributed by atoms with Crippen LogP contribution in [0, 0.1) is 5.92 Å². The molecule has 0 spiro atoms. The number of carbonyl (C=O) groups is 2. The Balaban J connectivity index is 0.000000186. The molecule has 0 saturated heterocycles. The zero-order valence-corrected chi connectivity index (χ0v) is 15.6. The number of hydrogen-bond donors (Lipinski definition) is 1. The van der Waals surface area contributed by atoms with Crippen molar-refractivity contribution in [2.75, 3.05) is 14.1 Å². The molecule has 1 fully saturated rings. The average Bonchev–Trinajstić information content (AvgIpc) is 2.61. The second-order valence-electron chi connectivity index (χ2n) is 6.64. The Kier molecular flexibility index (Phi) is 6.82. The van der Waals surface area contributed by atoms with Gasteiger partial charge in [-0.15, -0.1) is 0 Å². The Morgan fingerprint density at radius 1 is 1.00 bits per heavy atom. The van der Waals surface area contributed by atoms with Crippen molar-refractivity contribution in [3.63, 3.8) is 0 Å². The van der Waals surface area contributed by atoms with Crippen molar-refractivity contribution < 1.29 is 9.59 Å². The van der Waals surface area contributed by atoms with E-state index in [1.807, 2.05) is 32.3 Å². The summed E-state index contributed by atoms with van der Waals surface area (Å²) >= 11 is 5.83. The maximum absolute atomic E-state index is 11.4. The first-order valence-electron chi connectivity index (χ1n) is 8.59. The van der Waals surface area contributed by atoms with E-state index in [4.69, 9.17) is 17.3 Å². The highest BCUT2D eigenvalue weighted by atomic mass is 35.5. The molecular formula is C20H25ClN2O2. The van der Waals surface area contributed by atoms with E-state index >= 15 is 0 Å². The van der Waals surface area contributed by atoms with Crippen LogP contribution in [0.25, 0.3) is 10.8 Å². The molecule has 2 aromatic rings. The fourth-order valence-electron chi connectivity index (χ4n) is 3.08. The van der Waals surface area contributed by atoms with Crippen LogP contribution >= 0.6 is 11.6 Å². The van der Waals surface area contributed by atoms with Gasteiger partial charge in [0, 0.05) is 30.6 Å². The molecule has 0 aromatic heterocycles. The number of amides is 2. The average molecular weight is 361 g/mol. The highest BCUT2D eigenvalue weighted by molar-refractivity contribution is 6.31. The van der Waals surface area contributed by atoms with Crippen LogP contribution in [0.3, 0.4) is 0 Å². The summed E-state index contributed by atoms with van der Waals surface area (Å²) in [5.41, 5.74) is 5.68. The number of rotatable bonds is 2. The van der Waals surface area contributed by atoms with Gasteiger partial charge in [0.05, 0.1) is 0 Å². The minimum atomic E-state index is -0.415. The number of fused-ring (bicyclic) bond motifs is 1. The van der Waals surface area contributed by atoms with Gasteiger partial charge in [-0.05, 0) is 47.9 Å². The molecule has 3 rings (SSSR count). The van der Waals surface area contributed by atoms with Gasteiger partial charge >= 0.3 is 0 Å². The van der Waals surface area contributed by atoms with Crippen molar-refractivity contribution in [2.45, 2.75) is 32.1 Å². The fourth-order valence-corrected chi connectivity index (χ4v) is 3.27. The van der Waals surface area contributed by atoms with Crippen LogP contribution in [0.5, 0.6) is 0 Å². The summed E-state index contributed by atoms with van der Waals surface area (Å²) in [5.74, 6) is 0.241. The molecule has 0 bridgehead atoms. The van der Waals surface area contributed by atoms with E-state index in [9.17, 15) is 9.59 Å². The van der Waals surface area contributed by atoms with Crippen molar-refractivity contribution in [3.8, 4) is 0 Å². The standard InChI is InChI=1S/C11H8ClNO.C9H17NO/c12-10-4-3-7-5-9(11(13)14)2-1-8(7)6-10;1-10(2)9(11)8-6-4-3-5-7-8/h1-6H,(H2,13,14);8H,3-7H2,1-2H3. The van der Waals surface area contributed by atoms with Gasteiger partial charge in [0.1, 0.15) is 0 Å². The zero-order chi connectivity index (χ0) is 18.4. The summed E-state index contributed by atoms with van der Waals surface area (Å²) in [6, 6.07) is 10.8. The Morgan fingerprint density at radius 2 is 1.60 bits per heavy atom. The van der Waals surface area contributed by atoms with Crippen LogP contribution < -0.4 is 5.73 Å². The molecule has 1 aliphatic carbocycles. The molecule has 5 heteroatoms. The third-order valence-corrected chi connectivity index (χ3v) is 4.72. The van der Waals surface area contributed by atoms with Gasteiger partial charge in [-0.2, -0.15) is 0 Å². The van der Waals surface area contributed by atoms with E-state index in [2.05, 4.69) is 0 Å². The first kappa shape index (κ1) is 19.3. The van der Waals surface area contributed by atoms with Crippen molar-refractivity contribution in [3.05, 3.63) is 47.0 Å². The monoisotopic (exact) mass is 360 g/mol. The molecule has 4 nitrogen and oxygen atoms in total. The highest BCUT2D eigenvalue weighted by Crippen LogP contribution is 2.24. The molecule has 25 heavy (non-hydrogen) atoms. The van der Waals surface area contributed by atoms with Crippen molar-refractivity contribution in [1.29, 1.82) is 0 Å². The molecule has 0 aliphatic heterocycles. The first-order chi connectivity index (χ1) is 11.9. The van der Waals surface area contributed by atoms with Gasteiger partial charge in [-0.1, -0.05) is 43.0 Å². The van der Waals surface area contributed by atoms with Gasteiger partial charge in [0.2, 0.25) is 11.8 Å². The highest BCUT2D eigenvalue weighted by Gasteiger charge is 2.21. The summed E-state index contributed by atoms with van der Waals surface area (Å²) in [6.07, 6.45) is 6.01. The second kappa shape index (κ2) is 8.86. The maximum atomic E-state index is 11.4. The Hall–Kier alpha value is -2.07. The summed E-state index contributed by atoms with van der Waals surface area (Å²) in [6.45, 7) is 0. The molecule has 1 saturated carbocycles. The van der Waals surface area contributed by atoms with Crippen LogP contribution in [0.15, 0.2) is 36.4 Å². The van der Waals surface area contributed by atoms with E-state index in [0.29, 0.717) is 22.4 Å². The Bertz CT molecular complexity index is 752. The molecule has 0 atom stereocenters. The molecular weight excluding hydrogens is 336 g/mol. The van der Waals surface area contributed by atoms with Crippen molar-refractivity contribution >= 4 is 34.2 Å². The molecule has 2 N–H and O–H groups in total. The summed E-state index contributed by atoms with van der Waals surface area (Å²) in [5, 5.41) is 2.65. The molecule has 2 aromatic carbocycles. The van der Waals surface area contributed by atoms with Crippen LogP contribution in [-0.2, 0) is 4.79 Å². The van der Waals surface area contributed by atoms with Gasteiger partial charge in [0.25, 0.3) is 0 Å². The molecule has 0 heterocycles. The maximum Gasteiger partial charge on any atom is 0.248 e. The number of halogens is 1. The third kappa shape index (κ3) is 5.46.